The molecule has 0 bridgehead atoms. The van der Waals surface area contributed by atoms with Gasteiger partial charge in [0.25, 0.3) is 5.91 Å². The van der Waals surface area contributed by atoms with Crippen LogP contribution in [0.4, 0.5) is 11.4 Å². The molecule has 8 heteroatoms. The summed E-state index contributed by atoms with van der Waals surface area (Å²) in [4.78, 5) is 23.0. The normalized spacial score (nSPS) is 10.9. The summed E-state index contributed by atoms with van der Waals surface area (Å²) in [5, 5.41) is 11.5. The number of carbonyl (C=O) groups is 2. The van der Waals surface area contributed by atoms with Crippen LogP contribution in [0.3, 0.4) is 0 Å². The van der Waals surface area contributed by atoms with Gasteiger partial charge in [0, 0.05) is 11.3 Å². The fraction of sp³-hybridized carbons (Fsp3) is 0.125. The number of benzene rings is 2. The predicted molar refractivity (Wildman–Crippen MR) is 91.0 cm³/mol. The quantitative estimate of drug-likeness (QED) is 0.767. The van der Waals surface area contributed by atoms with Crippen LogP contribution < -0.4 is 10.0 Å². The Morgan fingerprint density at radius 1 is 1.00 bits per heavy atom. The molecule has 0 aliphatic heterocycles. The van der Waals surface area contributed by atoms with Gasteiger partial charge in [-0.2, -0.15) is 0 Å². The van der Waals surface area contributed by atoms with Gasteiger partial charge in [-0.3, -0.25) is 9.52 Å². The summed E-state index contributed by atoms with van der Waals surface area (Å²) in [6.07, 6.45) is 1.05. The number of amides is 1. The Hall–Kier alpha value is -2.87. The molecule has 0 unspecified atom stereocenters. The van der Waals surface area contributed by atoms with Gasteiger partial charge in [0.1, 0.15) is 0 Å². The van der Waals surface area contributed by atoms with E-state index in [9.17, 15) is 18.0 Å². The van der Waals surface area contributed by atoms with Gasteiger partial charge in [-0.1, -0.05) is 0 Å². The summed E-state index contributed by atoms with van der Waals surface area (Å²) in [5.74, 6) is -1.43. The molecule has 0 radical (unpaired) electrons. The van der Waals surface area contributed by atoms with Crippen LogP contribution in [0.2, 0.25) is 0 Å². The molecule has 1 amide bonds. The average Bonchev–Trinajstić information content (AvgIpc) is 2.48. The first-order valence-electron chi connectivity index (χ1n) is 6.89. The van der Waals surface area contributed by atoms with Crippen molar-refractivity contribution in [1.29, 1.82) is 0 Å². The van der Waals surface area contributed by atoms with Crippen LogP contribution in [0.25, 0.3) is 0 Å². The standard InChI is InChI=1S/C16H16N2O5S/c1-10-9-12(5-8-14(10)18-24(2,22)23)15(19)17-13-6-3-11(4-7-13)16(20)21/h3-9,18H,1-2H3,(H,17,19)(H,20,21). The highest BCUT2D eigenvalue weighted by Crippen LogP contribution is 2.19. The smallest absolute Gasteiger partial charge is 0.335 e. The van der Waals surface area contributed by atoms with Gasteiger partial charge in [0.2, 0.25) is 10.0 Å². The number of sulfonamides is 1. The van der Waals surface area contributed by atoms with Crippen LogP contribution in [0.15, 0.2) is 42.5 Å². The van der Waals surface area contributed by atoms with Gasteiger partial charge in [-0.15, -0.1) is 0 Å². The van der Waals surface area contributed by atoms with Crippen LogP contribution in [-0.4, -0.2) is 31.7 Å². The second kappa shape index (κ2) is 6.71. The number of nitrogens with one attached hydrogen (secondary N) is 2. The zero-order valence-corrected chi connectivity index (χ0v) is 13.8. The number of carbonyl (C=O) groups excluding carboxylic acids is 1. The lowest BCUT2D eigenvalue weighted by Gasteiger charge is -2.10. The van der Waals surface area contributed by atoms with E-state index in [4.69, 9.17) is 5.11 Å². The van der Waals surface area contributed by atoms with Crippen molar-refractivity contribution in [2.45, 2.75) is 6.92 Å². The van der Waals surface area contributed by atoms with E-state index in [0.717, 1.165) is 6.26 Å². The van der Waals surface area contributed by atoms with Gasteiger partial charge >= 0.3 is 5.97 Å². The molecule has 2 aromatic rings. The molecule has 0 saturated carbocycles. The summed E-state index contributed by atoms with van der Waals surface area (Å²) in [5.41, 5.74) is 1.95. The summed E-state index contributed by atoms with van der Waals surface area (Å²) in [7, 11) is -3.39. The highest BCUT2D eigenvalue weighted by molar-refractivity contribution is 7.92. The molecule has 0 heterocycles. The molecule has 0 saturated heterocycles. The number of aromatic carboxylic acids is 1. The molecule has 2 rings (SSSR count). The van der Waals surface area contributed by atoms with Crippen LogP contribution in [0, 0.1) is 6.92 Å². The van der Waals surface area contributed by atoms with E-state index in [1.54, 1.807) is 13.0 Å². The van der Waals surface area contributed by atoms with Crippen LogP contribution >= 0.6 is 0 Å². The van der Waals surface area contributed by atoms with Crippen molar-refractivity contribution in [2.75, 3.05) is 16.3 Å². The Bertz CT molecular complexity index is 889. The maximum atomic E-state index is 12.2. The second-order valence-corrected chi connectivity index (χ2v) is 6.99. The van der Waals surface area contributed by atoms with Crippen molar-refractivity contribution in [3.05, 3.63) is 59.2 Å². The number of hydrogen-bond acceptors (Lipinski definition) is 4. The van der Waals surface area contributed by atoms with Crippen molar-refractivity contribution < 1.29 is 23.1 Å². The minimum absolute atomic E-state index is 0.125. The summed E-state index contributed by atoms with van der Waals surface area (Å²) >= 11 is 0. The van der Waals surface area contributed by atoms with E-state index in [-0.39, 0.29) is 11.5 Å². The van der Waals surface area contributed by atoms with Crippen molar-refractivity contribution in [1.82, 2.24) is 0 Å². The molecule has 0 aromatic heterocycles. The molecule has 24 heavy (non-hydrogen) atoms. The van der Waals surface area contributed by atoms with Crippen LogP contribution in [-0.2, 0) is 10.0 Å². The Morgan fingerprint density at radius 3 is 2.08 bits per heavy atom. The number of hydrogen-bond donors (Lipinski definition) is 3. The first-order valence-corrected chi connectivity index (χ1v) is 8.78. The van der Waals surface area contributed by atoms with Gasteiger partial charge in [0.15, 0.2) is 0 Å². The van der Waals surface area contributed by atoms with Gasteiger partial charge < -0.3 is 10.4 Å². The maximum Gasteiger partial charge on any atom is 0.335 e. The molecule has 7 nitrogen and oxygen atoms in total. The topological polar surface area (TPSA) is 113 Å². The zero-order chi connectivity index (χ0) is 17.9. The van der Waals surface area contributed by atoms with E-state index >= 15 is 0 Å². The van der Waals surface area contributed by atoms with Gasteiger partial charge in [-0.25, -0.2) is 13.2 Å². The van der Waals surface area contributed by atoms with E-state index in [2.05, 4.69) is 10.0 Å². The molecule has 0 spiro atoms. The lowest BCUT2D eigenvalue weighted by atomic mass is 10.1. The van der Waals surface area contributed by atoms with E-state index in [1.165, 1.54) is 36.4 Å². The minimum atomic E-state index is -3.39. The van der Waals surface area contributed by atoms with E-state index < -0.39 is 16.0 Å². The monoisotopic (exact) mass is 348 g/mol. The number of carboxylic acids is 1. The summed E-state index contributed by atoms with van der Waals surface area (Å²) in [6, 6.07) is 10.3. The van der Waals surface area contributed by atoms with Crippen molar-refractivity contribution >= 4 is 33.3 Å². The van der Waals surface area contributed by atoms with Crippen LogP contribution in [0.5, 0.6) is 0 Å². The molecular formula is C16H16N2O5S. The summed E-state index contributed by atoms with van der Waals surface area (Å²) < 4.78 is 24.9. The molecular weight excluding hydrogens is 332 g/mol. The van der Waals surface area contributed by atoms with Crippen molar-refractivity contribution in [3.63, 3.8) is 0 Å². The Kier molecular flexibility index (Phi) is 4.89. The third-order valence-electron chi connectivity index (χ3n) is 3.17. The number of rotatable bonds is 5. The third-order valence-corrected chi connectivity index (χ3v) is 3.76. The fourth-order valence-corrected chi connectivity index (χ4v) is 2.65. The largest absolute Gasteiger partial charge is 0.478 e. The fourth-order valence-electron chi connectivity index (χ4n) is 2.02. The zero-order valence-electron chi connectivity index (χ0n) is 13.0. The van der Waals surface area contributed by atoms with Crippen molar-refractivity contribution in [3.8, 4) is 0 Å². The predicted octanol–water partition coefficient (Wildman–Crippen LogP) is 2.32. The van der Waals surface area contributed by atoms with E-state index in [0.29, 0.717) is 22.5 Å². The molecule has 0 aliphatic carbocycles. The lowest BCUT2D eigenvalue weighted by Crippen LogP contribution is -2.14. The van der Waals surface area contributed by atoms with Gasteiger partial charge in [0.05, 0.1) is 17.5 Å². The summed E-state index contributed by atoms with van der Waals surface area (Å²) in [6.45, 7) is 1.69. The molecule has 0 fully saturated rings. The Labute approximate surface area is 139 Å². The highest BCUT2D eigenvalue weighted by atomic mass is 32.2. The number of anilines is 2. The molecule has 0 atom stereocenters. The Morgan fingerprint density at radius 2 is 1.58 bits per heavy atom. The minimum Gasteiger partial charge on any atom is -0.478 e. The highest BCUT2D eigenvalue weighted by Gasteiger charge is 2.11. The molecule has 3 N–H and O–H groups in total. The van der Waals surface area contributed by atoms with Crippen LogP contribution in [0.1, 0.15) is 26.3 Å². The average molecular weight is 348 g/mol. The lowest BCUT2D eigenvalue weighted by molar-refractivity contribution is 0.0696. The molecule has 126 valence electrons. The SMILES string of the molecule is Cc1cc(C(=O)Nc2ccc(C(=O)O)cc2)ccc1NS(C)(=O)=O. The van der Waals surface area contributed by atoms with E-state index in [1.807, 2.05) is 0 Å². The molecule has 2 aromatic carbocycles. The third kappa shape index (κ3) is 4.56. The van der Waals surface area contributed by atoms with Crippen molar-refractivity contribution in [2.24, 2.45) is 0 Å². The first kappa shape index (κ1) is 17.5. The van der Waals surface area contributed by atoms with Gasteiger partial charge in [-0.05, 0) is 55.0 Å². The second-order valence-electron chi connectivity index (χ2n) is 5.24. The first-order chi connectivity index (χ1) is 11.2. The Balaban J connectivity index is 2.15. The number of carboxylic acid groups (broad SMARTS) is 1. The maximum absolute atomic E-state index is 12.2. The molecule has 0 aliphatic rings. The number of aryl methyl sites for hydroxylation is 1.